The number of ether oxygens (including phenoxy) is 3. The molecule has 5 heteroatoms. The van der Waals surface area contributed by atoms with E-state index in [1.807, 2.05) is 6.07 Å². The van der Waals surface area contributed by atoms with E-state index in [2.05, 4.69) is 17.9 Å². The van der Waals surface area contributed by atoms with Crippen molar-refractivity contribution >= 4 is 11.4 Å². The standard InChI is InChI=1S/C15H22N2O3/c1-15(10-18-2)9-11-7-12(16)13(8-14(11)20-15)17-3-5-19-6-4-17/h7-8H,3-6,9-10,16H2,1-2H3. The highest BCUT2D eigenvalue weighted by atomic mass is 16.5. The molecule has 0 aliphatic carbocycles. The van der Waals surface area contributed by atoms with Gasteiger partial charge in [-0.1, -0.05) is 0 Å². The molecule has 0 amide bonds. The van der Waals surface area contributed by atoms with Gasteiger partial charge < -0.3 is 24.8 Å². The summed E-state index contributed by atoms with van der Waals surface area (Å²) in [6, 6.07) is 4.11. The molecule has 0 bridgehead atoms. The van der Waals surface area contributed by atoms with Gasteiger partial charge in [0.05, 0.1) is 31.2 Å². The van der Waals surface area contributed by atoms with Crippen LogP contribution in [-0.2, 0) is 15.9 Å². The minimum atomic E-state index is -0.285. The number of nitrogens with two attached hydrogens (primary N) is 1. The van der Waals surface area contributed by atoms with E-state index < -0.39 is 0 Å². The number of hydrogen-bond donors (Lipinski definition) is 1. The van der Waals surface area contributed by atoms with E-state index in [1.165, 1.54) is 5.56 Å². The van der Waals surface area contributed by atoms with Crippen LogP contribution < -0.4 is 15.4 Å². The van der Waals surface area contributed by atoms with Crippen molar-refractivity contribution in [3.63, 3.8) is 0 Å². The summed E-state index contributed by atoms with van der Waals surface area (Å²) in [6.45, 7) is 5.89. The zero-order valence-corrected chi connectivity index (χ0v) is 12.1. The molecular formula is C15H22N2O3. The first-order valence-corrected chi connectivity index (χ1v) is 7.04. The first-order valence-electron chi connectivity index (χ1n) is 7.04. The Kier molecular flexibility index (Phi) is 3.48. The van der Waals surface area contributed by atoms with Gasteiger partial charge in [-0.15, -0.1) is 0 Å². The summed E-state index contributed by atoms with van der Waals surface area (Å²) in [5.41, 5.74) is 8.96. The van der Waals surface area contributed by atoms with Crippen molar-refractivity contribution in [3.8, 4) is 5.75 Å². The van der Waals surface area contributed by atoms with Gasteiger partial charge in [0.1, 0.15) is 11.4 Å². The highest BCUT2D eigenvalue weighted by Crippen LogP contribution is 2.40. The molecule has 1 aromatic rings. The summed E-state index contributed by atoms with van der Waals surface area (Å²) in [5.74, 6) is 0.931. The molecule has 1 aromatic carbocycles. The number of nitrogen functional groups attached to an aromatic ring is 1. The predicted molar refractivity (Wildman–Crippen MR) is 78.5 cm³/mol. The van der Waals surface area contributed by atoms with Gasteiger partial charge in [0.2, 0.25) is 0 Å². The molecule has 0 spiro atoms. The van der Waals surface area contributed by atoms with Gasteiger partial charge in [-0.25, -0.2) is 0 Å². The fourth-order valence-electron chi connectivity index (χ4n) is 3.03. The summed E-state index contributed by atoms with van der Waals surface area (Å²) < 4.78 is 16.7. The lowest BCUT2D eigenvalue weighted by molar-refractivity contribution is 0.0205. The van der Waals surface area contributed by atoms with Crippen LogP contribution in [0.3, 0.4) is 0 Å². The fourth-order valence-corrected chi connectivity index (χ4v) is 3.03. The Hall–Kier alpha value is -1.46. The van der Waals surface area contributed by atoms with Gasteiger partial charge in [0, 0.05) is 38.2 Å². The van der Waals surface area contributed by atoms with Crippen LogP contribution in [0.5, 0.6) is 5.75 Å². The number of benzene rings is 1. The maximum Gasteiger partial charge on any atom is 0.134 e. The van der Waals surface area contributed by atoms with Crippen LogP contribution in [0.25, 0.3) is 0 Å². The van der Waals surface area contributed by atoms with E-state index in [-0.39, 0.29) is 5.60 Å². The lowest BCUT2D eigenvalue weighted by Crippen LogP contribution is -2.36. The lowest BCUT2D eigenvalue weighted by atomic mass is 9.99. The molecule has 1 fully saturated rings. The van der Waals surface area contributed by atoms with E-state index in [0.717, 1.165) is 49.8 Å². The molecule has 2 aliphatic heterocycles. The molecule has 20 heavy (non-hydrogen) atoms. The Morgan fingerprint density at radius 3 is 2.80 bits per heavy atom. The van der Waals surface area contributed by atoms with Gasteiger partial charge >= 0.3 is 0 Å². The van der Waals surface area contributed by atoms with Crippen molar-refractivity contribution in [3.05, 3.63) is 17.7 Å². The minimum absolute atomic E-state index is 0.285. The van der Waals surface area contributed by atoms with Gasteiger partial charge in [-0.3, -0.25) is 0 Å². The van der Waals surface area contributed by atoms with Crippen LogP contribution in [0.1, 0.15) is 12.5 Å². The zero-order valence-electron chi connectivity index (χ0n) is 12.1. The molecule has 1 unspecified atom stereocenters. The summed E-state index contributed by atoms with van der Waals surface area (Å²) in [4.78, 5) is 2.26. The third-order valence-electron chi connectivity index (χ3n) is 3.93. The smallest absolute Gasteiger partial charge is 0.134 e. The fraction of sp³-hybridized carbons (Fsp3) is 0.600. The second kappa shape index (κ2) is 5.14. The second-order valence-electron chi connectivity index (χ2n) is 5.78. The normalized spacial score (nSPS) is 25.4. The molecule has 3 rings (SSSR count). The number of fused-ring (bicyclic) bond motifs is 1. The van der Waals surface area contributed by atoms with Crippen molar-refractivity contribution in [2.75, 3.05) is 50.7 Å². The van der Waals surface area contributed by atoms with Crippen LogP contribution in [0.2, 0.25) is 0 Å². The maximum absolute atomic E-state index is 6.22. The van der Waals surface area contributed by atoms with Gasteiger partial charge in [-0.05, 0) is 13.0 Å². The van der Waals surface area contributed by atoms with E-state index in [4.69, 9.17) is 19.9 Å². The highest BCUT2D eigenvalue weighted by Gasteiger charge is 2.35. The number of methoxy groups -OCH3 is 1. The van der Waals surface area contributed by atoms with Crippen LogP contribution in [-0.4, -0.2) is 45.6 Å². The highest BCUT2D eigenvalue weighted by molar-refractivity contribution is 5.72. The second-order valence-corrected chi connectivity index (χ2v) is 5.78. The lowest BCUT2D eigenvalue weighted by Gasteiger charge is -2.30. The third-order valence-corrected chi connectivity index (χ3v) is 3.93. The van der Waals surface area contributed by atoms with Gasteiger partial charge in [0.25, 0.3) is 0 Å². The van der Waals surface area contributed by atoms with E-state index >= 15 is 0 Å². The first-order chi connectivity index (χ1) is 9.61. The minimum Gasteiger partial charge on any atom is -0.484 e. The Morgan fingerprint density at radius 2 is 2.10 bits per heavy atom. The topological polar surface area (TPSA) is 57.0 Å². The Labute approximate surface area is 119 Å². The van der Waals surface area contributed by atoms with Crippen LogP contribution >= 0.6 is 0 Å². The molecule has 0 radical (unpaired) electrons. The van der Waals surface area contributed by atoms with Gasteiger partial charge in [-0.2, -0.15) is 0 Å². The Bertz CT molecular complexity index is 500. The van der Waals surface area contributed by atoms with Crippen molar-refractivity contribution in [2.45, 2.75) is 18.9 Å². The molecule has 2 heterocycles. The number of rotatable bonds is 3. The Balaban J connectivity index is 1.86. The van der Waals surface area contributed by atoms with Crippen molar-refractivity contribution < 1.29 is 14.2 Å². The number of anilines is 2. The average Bonchev–Trinajstić information content (AvgIpc) is 2.74. The third kappa shape index (κ3) is 2.43. The van der Waals surface area contributed by atoms with E-state index in [1.54, 1.807) is 7.11 Å². The largest absolute Gasteiger partial charge is 0.484 e. The maximum atomic E-state index is 6.22. The molecule has 1 saturated heterocycles. The van der Waals surface area contributed by atoms with Crippen molar-refractivity contribution in [1.82, 2.24) is 0 Å². The number of hydrogen-bond acceptors (Lipinski definition) is 5. The summed E-state index contributed by atoms with van der Waals surface area (Å²) in [5, 5.41) is 0. The molecule has 2 N–H and O–H groups in total. The van der Waals surface area contributed by atoms with Crippen LogP contribution in [0, 0.1) is 0 Å². The monoisotopic (exact) mass is 278 g/mol. The molecule has 1 atom stereocenters. The van der Waals surface area contributed by atoms with Crippen LogP contribution in [0.15, 0.2) is 12.1 Å². The quantitative estimate of drug-likeness (QED) is 0.848. The van der Waals surface area contributed by atoms with Crippen LogP contribution in [0.4, 0.5) is 11.4 Å². The number of morpholine rings is 1. The van der Waals surface area contributed by atoms with Crippen molar-refractivity contribution in [1.29, 1.82) is 0 Å². The van der Waals surface area contributed by atoms with E-state index in [0.29, 0.717) is 6.61 Å². The zero-order chi connectivity index (χ0) is 14.2. The summed E-state index contributed by atoms with van der Waals surface area (Å²) >= 11 is 0. The molecule has 0 saturated carbocycles. The Morgan fingerprint density at radius 1 is 1.35 bits per heavy atom. The summed E-state index contributed by atoms with van der Waals surface area (Å²) in [6.07, 6.45) is 0.837. The number of nitrogens with zero attached hydrogens (tertiary/aromatic N) is 1. The van der Waals surface area contributed by atoms with Crippen molar-refractivity contribution in [2.24, 2.45) is 0 Å². The predicted octanol–water partition coefficient (Wildman–Crippen LogP) is 1.45. The first kappa shape index (κ1) is 13.5. The molecule has 0 aromatic heterocycles. The molecule has 5 nitrogen and oxygen atoms in total. The molecular weight excluding hydrogens is 256 g/mol. The van der Waals surface area contributed by atoms with E-state index in [9.17, 15) is 0 Å². The SMILES string of the molecule is COCC1(C)Cc2cc(N)c(N3CCOCC3)cc2O1. The molecule has 2 aliphatic rings. The summed E-state index contributed by atoms with van der Waals surface area (Å²) in [7, 11) is 1.70. The van der Waals surface area contributed by atoms with Gasteiger partial charge in [0.15, 0.2) is 0 Å². The molecule has 110 valence electrons. The average molecular weight is 278 g/mol.